The number of carbonyl (C=O) groups is 2. The van der Waals surface area contributed by atoms with E-state index in [2.05, 4.69) is 26.6 Å². The summed E-state index contributed by atoms with van der Waals surface area (Å²) < 4.78 is 0. The molecular formula is C21H25ClN4O2. The van der Waals surface area contributed by atoms with Crippen molar-refractivity contribution >= 4 is 34.8 Å². The summed E-state index contributed by atoms with van der Waals surface area (Å²) in [5, 5.41) is 5.98. The van der Waals surface area contributed by atoms with E-state index in [1.54, 1.807) is 6.07 Å². The minimum absolute atomic E-state index is 0.228. The summed E-state index contributed by atoms with van der Waals surface area (Å²) in [4.78, 5) is 31.5. The molecule has 3 rings (SSSR count). The molecule has 1 aromatic carbocycles. The maximum atomic E-state index is 12.8. The third-order valence-corrected chi connectivity index (χ3v) is 4.98. The Morgan fingerprint density at radius 1 is 1.21 bits per heavy atom. The Balaban J connectivity index is 1.67. The van der Waals surface area contributed by atoms with E-state index in [0.717, 1.165) is 30.9 Å². The van der Waals surface area contributed by atoms with Crippen LogP contribution in [0.2, 0.25) is 5.15 Å². The maximum Gasteiger partial charge on any atom is 0.252 e. The lowest BCUT2D eigenvalue weighted by Crippen LogP contribution is -2.43. The van der Waals surface area contributed by atoms with Crippen LogP contribution in [0.4, 0.5) is 11.4 Å². The number of nitrogens with one attached hydrogen (secondary N) is 2. The Morgan fingerprint density at radius 2 is 2.00 bits per heavy atom. The standard InChI is InChI=1S/C21H25ClN4O2/c1-2-6-18(25-20(27)15-9-10-23-19(22)13-15)21(28)24-16-7-5-8-17(14-16)26-11-3-4-12-26/h5,7-10,13-14,18H,2-4,6,11-12H2,1H3,(H,24,28)(H,25,27). The van der Waals surface area contributed by atoms with E-state index in [1.165, 1.54) is 25.1 Å². The van der Waals surface area contributed by atoms with Crippen molar-refractivity contribution in [3.63, 3.8) is 0 Å². The second-order valence-electron chi connectivity index (χ2n) is 6.92. The molecule has 1 aliphatic heterocycles. The van der Waals surface area contributed by atoms with Gasteiger partial charge in [-0.3, -0.25) is 9.59 Å². The number of amides is 2. The molecule has 28 heavy (non-hydrogen) atoms. The van der Waals surface area contributed by atoms with Crippen LogP contribution in [0.15, 0.2) is 42.6 Å². The fourth-order valence-electron chi connectivity index (χ4n) is 3.33. The van der Waals surface area contributed by atoms with Crippen LogP contribution in [0.1, 0.15) is 43.0 Å². The molecule has 0 bridgehead atoms. The Bertz CT molecular complexity index is 837. The first kappa shape index (κ1) is 20.1. The van der Waals surface area contributed by atoms with Crippen molar-refractivity contribution in [3.05, 3.63) is 53.3 Å². The number of pyridine rings is 1. The molecule has 0 radical (unpaired) electrons. The number of aromatic nitrogens is 1. The number of halogens is 1. The highest BCUT2D eigenvalue weighted by atomic mass is 35.5. The first-order chi connectivity index (χ1) is 13.6. The highest BCUT2D eigenvalue weighted by Crippen LogP contribution is 2.23. The molecule has 1 saturated heterocycles. The lowest BCUT2D eigenvalue weighted by molar-refractivity contribution is -0.118. The molecule has 2 amide bonds. The SMILES string of the molecule is CCCC(NC(=O)c1ccnc(Cl)c1)C(=O)Nc1cccc(N2CCCC2)c1. The molecule has 7 heteroatoms. The lowest BCUT2D eigenvalue weighted by Gasteiger charge is -2.20. The predicted octanol–water partition coefficient (Wildman–Crippen LogP) is 3.87. The highest BCUT2D eigenvalue weighted by molar-refractivity contribution is 6.29. The number of anilines is 2. The summed E-state index contributed by atoms with van der Waals surface area (Å²) in [5.41, 5.74) is 2.22. The summed E-state index contributed by atoms with van der Waals surface area (Å²) in [5.74, 6) is -0.572. The van der Waals surface area contributed by atoms with Gasteiger partial charge in [-0.1, -0.05) is 31.0 Å². The van der Waals surface area contributed by atoms with Crippen LogP contribution in [0.3, 0.4) is 0 Å². The first-order valence-electron chi connectivity index (χ1n) is 9.65. The molecule has 148 valence electrons. The predicted molar refractivity (Wildman–Crippen MR) is 112 cm³/mol. The topological polar surface area (TPSA) is 74.3 Å². The van der Waals surface area contributed by atoms with Gasteiger partial charge in [0, 0.05) is 36.2 Å². The van der Waals surface area contributed by atoms with Gasteiger partial charge in [0.2, 0.25) is 5.91 Å². The molecule has 2 aromatic rings. The molecule has 1 unspecified atom stereocenters. The quantitative estimate of drug-likeness (QED) is 0.692. The van der Waals surface area contributed by atoms with Crippen LogP contribution in [-0.4, -0.2) is 35.9 Å². The largest absolute Gasteiger partial charge is 0.371 e. The second kappa shape index (κ2) is 9.55. The smallest absolute Gasteiger partial charge is 0.252 e. The van der Waals surface area contributed by atoms with Crippen molar-refractivity contribution in [2.75, 3.05) is 23.3 Å². The van der Waals surface area contributed by atoms with Crippen LogP contribution in [0.5, 0.6) is 0 Å². The van der Waals surface area contributed by atoms with Gasteiger partial charge in [0.1, 0.15) is 11.2 Å². The molecular weight excluding hydrogens is 376 g/mol. The van der Waals surface area contributed by atoms with E-state index in [1.807, 2.05) is 25.1 Å². The molecule has 1 atom stereocenters. The van der Waals surface area contributed by atoms with Crippen LogP contribution in [0.25, 0.3) is 0 Å². The van der Waals surface area contributed by atoms with Crippen LogP contribution in [-0.2, 0) is 4.79 Å². The van der Waals surface area contributed by atoms with E-state index >= 15 is 0 Å². The molecule has 1 aromatic heterocycles. The zero-order chi connectivity index (χ0) is 19.9. The van der Waals surface area contributed by atoms with Crippen molar-refractivity contribution in [2.45, 2.75) is 38.6 Å². The minimum atomic E-state index is -0.625. The van der Waals surface area contributed by atoms with Crippen molar-refractivity contribution in [2.24, 2.45) is 0 Å². The Kier molecular flexibility index (Phi) is 6.87. The average molecular weight is 401 g/mol. The zero-order valence-electron chi connectivity index (χ0n) is 16.0. The average Bonchev–Trinajstić information content (AvgIpc) is 3.22. The third kappa shape index (κ3) is 5.23. The number of hydrogen-bond donors (Lipinski definition) is 2. The van der Waals surface area contributed by atoms with Crippen molar-refractivity contribution in [1.82, 2.24) is 10.3 Å². The van der Waals surface area contributed by atoms with Gasteiger partial charge in [-0.05, 0) is 49.6 Å². The number of hydrogen-bond acceptors (Lipinski definition) is 4. The summed E-state index contributed by atoms with van der Waals surface area (Å²) >= 11 is 5.85. The van der Waals surface area contributed by atoms with Gasteiger partial charge in [-0.2, -0.15) is 0 Å². The number of rotatable bonds is 7. The molecule has 2 N–H and O–H groups in total. The Labute approximate surface area is 170 Å². The normalized spacial score (nSPS) is 14.6. The first-order valence-corrected chi connectivity index (χ1v) is 10.0. The van der Waals surface area contributed by atoms with Gasteiger partial charge in [0.25, 0.3) is 5.91 Å². The Morgan fingerprint density at radius 3 is 2.71 bits per heavy atom. The monoisotopic (exact) mass is 400 g/mol. The summed E-state index contributed by atoms with van der Waals surface area (Å²) in [7, 11) is 0. The zero-order valence-corrected chi connectivity index (χ0v) is 16.7. The minimum Gasteiger partial charge on any atom is -0.371 e. The van der Waals surface area contributed by atoms with E-state index in [-0.39, 0.29) is 17.0 Å². The van der Waals surface area contributed by atoms with Crippen LogP contribution >= 0.6 is 11.6 Å². The summed E-state index contributed by atoms with van der Waals surface area (Å²) in [6, 6.07) is 10.3. The molecule has 0 saturated carbocycles. The van der Waals surface area contributed by atoms with E-state index < -0.39 is 6.04 Å². The molecule has 2 heterocycles. The fraction of sp³-hybridized carbons (Fsp3) is 0.381. The van der Waals surface area contributed by atoms with Crippen molar-refractivity contribution in [1.29, 1.82) is 0 Å². The fourth-order valence-corrected chi connectivity index (χ4v) is 3.50. The molecule has 1 fully saturated rings. The third-order valence-electron chi connectivity index (χ3n) is 4.77. The van der Waals surface area contributed by atoms with Gasteiger partial charge in [-0.25, -0.2) is 4.98 Å². The van der Waals surface area contributed by atoms with Crippen LogP contribution < -0.4 is 15.5 Å². The van der Waals surface area contributed by atoms with Crippen molar-refractivity contribution < 1.29 is 9.59 Å². The van der Waals surface area contributed by atoms with E-state index in [0.29, 0.717) is 12.0 Å². The van der Waals surface area contributed by atoms with Gasteiger partial charge >= 0.3 is 0 Å². The van der Waals surface area contributed by atoms with Gasteiger partial charge in [0.15, 0.2) is 0 Å². The Hall–Kier alpha value is -2.60. The number of nitrogens with zero attached hydrogens (tertiary/aromatic N) is 2. The lowest BCUT2D eigenvalue weighted by atomic mass is 10.1. The number of carbonyl (C=O) groups excluding carboxylic acids is 2. The van der Waals surface area contributed by atoms with Gasteiger partial charge < -0.3 is 15.5 Å². The maximum absolute atomic E-state index is 12.8. The van der Waals surface area contributed by atoms with Crippen LogP contribution in [0, 0.1) is 0 Å². The second-order valence-corrected chi connectivity index (χ2v) is 7.30. The van der Waals surface area contributed by atoms with E-state index in [4.69, 9.17) is 11.6 Å². The summed E-state index contributed by atoms with van der Waals surface area (Å²) in [6.45, 7) is 4.06. The van der Waals surface area contributed by atoms with Gasteiger partial charge in [0.05, 0.1) is 0 Å². The molecule has 0 aliphatic carbocycles. The molecule has 1 aliphatic rings. The van der Waals surface area contributed by atoms with Crippen molar-refractivity contribution in [3.8, 4) is 0 Å². The van der Waals surface area contributed by atoms with Gasteiger partial charge in [-0.15, -0.1) is 0 Å². The number of benzene rings is 1. The molecule has 6 nitrogen and oxygen atoms in total. The summed E-state index contributed by atoms with van der Waals surface area (Å²) in [6.07, 6.45) is 5.17. The highest BCUT2D eigenvalue weighted by Gasteiger charge is 2.21. The molecule has 0 spiro atoms. The van der Waals surface area contributed by atoms with E-state index in [9.17, 15) is 9.59 Å².